The molecule has 0 amide bonds. The summed E-state index contributed by atoms with van der Waals surface area (Å²) in [6, 6.07) is 7.80. The number of sulfonamides is 1. The molecule has 0 aliphatic carbocycles. The fourth-order valence-electron chi connectivity index (χ4n) is 3.36. The summed E-state index contributed by atoms with van der Waals surface area (Å²) in [6.45, 7) is 6.00. The standard InChI is InChI=1S/C16H23N3O2S/c1-13-9-14(2)11-19(10-13)22(20,21)8-7-18-12-17-15-5-3-4-6-16(15)18/h3-6,12-14H,7-11H2,1-2H3/t13-,14-/m1/s1. The Bertz CT molecular complexity index is 744. The molecule has 0 spiro atoms. The van der Waals surface area contributed by atoms with Gasteiger partial charge in [-0.1, -0.05) is 26.0 Å². The van der Waals surface area contributed by atoms with Gasteiger partial charge in [0.2, 0.25) is 10.0 Å². The smallest absolute Gasteiger partial charge is 0.215 e. The molecule has 2 aromatic rings. The number of piperidine rings is 1. The topological polar surface area (TPSA) is 55.2 Å². The van der Waals surface area contributed by atoms with Crippen molar-refractivity contribution in [1.29, 1.82) is 0 Å². The summed E-state index contributed by atoms with van der Waals surface area (Å²) in [5.41, 5.74) is 1.89. The highest BCUT2D eigenvalue weighted by Crippen LogP contribution is 2.23. The Labute approximate surface area is 132 Å². The van der Waals surface area contributed by atoms with Gasteiger partial charge < -0.3 is 4.57 Å². The summed E-state index contributed by atoms with van der Waals surface area (Å²) in [4.78, 5) is 4.31. The summed E-state index contributed by atoms with van der Waals surface area (Å²) in [5, 5.41) is 0. The van der Waals surface area contributed by atoms with E-state index < -0.39 is 10.0 Å². The Balaban J connectivity index is 1.72. The third-order valence-corrected chi connectivity index (χ3v) is 6.13. The largest absolute Gasteiger partial charge is 0.330 e. The number of nitrogens with zero attached hydrogens (tertiary/aromatic N) is 3. The first-order valence-electron chi connectivity index (χ1n) is 7.83. The zero-order valence-electron chi connectivity index (χ0n) is 13.1. The fourth-order valence-corrected chi connectivity index (χ4v) is 5.01. The molecule has 22 heavy (non-hydrogen) atoms. The minimum atomic E-state index is -3.21. The van der Waals surface area contributed by atoms with Crippen LogP contribution in [0.4, 0.5) is 0 Å². The number of imidazole rings is 1. The lowest BCUT2D eigenvalue weighted by Gasteiger charge is -2.34. The van der Waals surface area contributed by atoms with E-state index in [0.717, 1.165) is 17.5 Å². The van der Waals surface area contributed by atoms with Crippen molar-refractivity contribution in [1.82, 2.24) is 13.9 Å². The molecule has 6 heteroatoms. The van der Waals surface area contributed by atoms with Gasteiger partial charge in [-0.3, -0.25) is 0 Å². The number of para-hydroxylation sites is 2. The molecule has 1 fully saturated rings. The molecule has 1 aromatic carbocycles. The maximum absolute atomic E-state index is 12.6. The number of hydrogen-bond acceptors (Lipinski definition) is 3. The van der Waals surface area contributed by atoms with Crippen LogP contribution in [0.25, 0.3) is 11.0 Å². The van der Waals surface area contributed by atoms with Crippen molar-refractivity contribution in [3.63, 3.8) is 0 Å². The Hall–Kier alpha value is -1.40. The van der Waals surface area contributed by atoms with Gasteiger partial charge in [0, 0.05) is 19.6 Å². The maximum Gasteiger partial charge on any atom is 0.215 e. The Morgan fingerprint density at radius 3 is 2.59 bits per heavy atom. The van der Waals surface area contributed by atoms with Crippen molar-refractivity contribution >= 4 is 21.1 Å². The SMILES string of the molecule is C[C@@H]1C[C@@H](C)CN(S(=O)(=O)CCn2cnc3ccccc32)C1. The van der Waals surface area contributed by atoms with Gasteiger partial charge in [-0.2, -0.15) is 0 Å². The second-order valence-electron chi connectivity index (χ2n) is 6.51. The van der Waals surface area contributed by atoms with Crippen LogP contribution < -0.4 is 0 Å². The van der Waals surface area contributed by atoms with Gasteiger partial charge in [0.05, 0.1) is 23.1 Å². The van der Waals surface area contributed by atoms with E-state index >= 15 is 0 Å². The van der Waals surface area contributed by atoms with Crippen LogP contribution >= 0.6 is 0 Å². The maximum atomic E-state index is 12.6. The van der Waals surface area contributed by atoms with Gasteiger partial charge in [-0.05, 0) is 30.4 Å². The number of hydrogen-bond donors (Lipinski definition) is 0. The predicted molar refractivity (Wildman–Crippen MR) is 88.0 cm³/mol. The lowest BCUT2D eigenvalue weighted by Crippen LogP contribution is -2.44. The van der Waals surface area contributed by atoms with Gasteiger partial charge in [-0.25, -0.2) is 17.7 Å². The lowest BCUT2D eigenvalue weighted by molar-refractivity contribution is 0.222. The van der Waals surface area contributed by atoms with E-state index in [9.17, 15) is 8.42 Å². The second kappa shape index (κ2) is 6.01. The molecule has 3 rings (SSSR count). The number of aryl methyl sites for hydroxylation is 1. The molecule has 2 heterocycles. The minimum Gasteiger partial charge on any atom is -0.330 e. The van der Waals surface area contributed by atoms with Crippen LogP contribution in [0.2, 0.25) is 0 Å². The van der Waals surface area contributed by atoms with E-state index in [2.05, 4.69) is 18.8 Å². The second-order valence-corrected chi connectivity index (χ2v) is 8.59. The molecule has 5 nitrogen and oxygen atoms in total. The summed E-state index contributed by atoms with van der Waals surface area (Å²) >= 11 is 0. The molecular formula is C16H23N3O2S. The molecule has 0 radical (unpaired) electrons. The number of aromatic nitrogens is 2. The monoisotopic (exact) mass is 321 g/mol. The van der Waals surface area contributed by atoms with E-state index in [1.165, 1.54) is 0 Å². The van der Waals surface area contributed by atoms with Crippen LogP contribution in [-0.2, 0) is 16.6 Å². The van der Waals surface area contributed by atoms with Crippen molar-refractivity contribution in [3.8, 4) is 0 Å². The highest BCUT2D eigenvalue weighted by Gasteiger charge is 2.30. The molecule has 1 saturated heterocycles. The quantitative estimate of drug-likeness (QED) is 0.868. The minimum absolute atomic E-state index is 0.132. The number of fused-ring (bicyclic) bond motifs is 1. The van der Waals surface area contributed by atoms with Crippen LogP contribution in [0.3, 0.4) is 0 Å². The molecular weight excluding hydrogens is 298 g/mol. The van der Waals surface area contributed by atoms with Crippen LogP contribution in [0.1, 0.15) is 20.3 Å². The zero-order chi connectivity index (χ0) is 15.7. The summed E-state index contributed by atoms with van der Waals surface area (Å²) in [7, 11) is -3.21. The lowest BCUT2D eigenvalue weighted by atomic mass is 9.94. The van der Waals surface area contributed by atoms with E-state index in [0.29, 0.717) is 31.5 Å². The predicted octanol–water partition coefficient (Wildman–Crippen LogP) is 2.34. The Morgan fingerprint density at radius 1 is 1.18 bits per heavy atom. The third kappa shape index (κ3) is 3.17. The Kier molecular flexibility index (Phi) is 4.23. The third-order valence-electron chi connectivity index (χ3n) is 4.35. The first-order chi connectivity index (χ1) is 10.5. The fraction of sp³-hybridized carbons (Fsp3) is 0.562. The van der Waals surface area contributed by atoms with Gasteiger partial charge in [0.15, 0.2) is 0 Å². The first-order valence-corrected chi connectivity index (χ1v) is 9.44. The molecule has 1 aliphatic rings. The Morgan fingerprint density at radius 2 is 1.86 bits per heavy atom. The molecule has 1 aliphatic heterocycles. The van der Waals surface area contributed by atoms with Crippen LogP contribution in [0, 0.1) is 11.8 Å². The van der Waals surface area contributed by atoms with Crippen molar-refractivity contribution < 1.29 is 8.42 Å². The van der Waals surface area contributed by atoms with Gasteiger partial charge in [0.1, 0.15) is 0 Å². The first kappa shape index (κ1) is 15.5. The number of benzene rings is 1. The summed E-state index contributed by atoms with van der Waals surface area (Å²) < 4.78 is 28.8. The van der Waals surface area contributed by atoms with Crippen molar-refractivity contribution in [2.45, 2.75) is 26.8 Å². The number of rotatable bonds is 4. The van der Waals surface area contributed by atoms with E-state index in [1.54, 1.807) is 10.6 Å². The van der Waals surface area contributed by atoms with Crippen molar-refractivity contribution in [2.24, 2.45) is 11.8 Å². The van der Waals surface area contributed by atoms with Crippen LogP contribution in [0.15, 0.2) is 30.6 Å². The summed E-state index contributed by atoms with van der Waals surface area (Å²) in [6.07, 6.45) is 2.83. The van der Waals surface area contributed by atoms with Gasteiger partial charge in [0.25, 0.3) is 0 Å². The van der Waals surface area contributed by atoms with Gasteiger partial charge in [-0.15, -0.1) is 0 Å². The van der Waals surface area contributed by atoms with E-state index in [1.807, 2.05) is 28.8 Å². The van der Waals surface area contributed by atoms with E-state index in [4.69, 9.17) is 0 Å². The normalized spacial score (nSPS) is 23.9. The summed E-state index contributed by atoms with van der Waals surface area (Å²) in [5.74, 6) is 1.01. The van der Waals surface area contributed by atoms with Gasteiger partial charge >= 0.3 is 0 Å². The molecule has 0 N–H and O–H groups in total. The zero-order valence-corrected chi connectivity index (χ0v) is 14.0. The van der Waals surface area contributed by atoms with Crippen molar-refractivity contribution in [2.75, 3.05) is 18.8 Å². The average Bonchev–Trinajstić information content (AvgIpc) is 2.87. The highest BCUT2D eigenvalue weighted by molar-refractivity contribution is 7.89. The molecule has 120 valence electrons. The average molecular weight is 321 g/mol. The molecule has 0 bridgehead atoms. The van der Waals surface area contributed by atoms with Crippen molar-refractivity contribution in [3.05, 3.63) is 30.6 Å². The highest BCUT2D eigenvalue weighted by atomic mass is 32.2. The molecule has 0 saturated carbocycles. The van der Waals surface area contributed by atoms with E-state index in [-0.39, 0.29) is 5.75 Å². The molecule has 0 unspecified atom stereocenters. The van der Waals surface area contributed by atoms with Crippen LogP contribution in [-0.4, -0.2) is 41.1 Å². The molecule has 1 aromatic heterocycles. The van der Waals surface area contributed by atoms with Crippen LogP contribution in [0.5, 0.6) is 0 Å². The molecule has 2 atom stereocenters.